The van der Waals surface area contributed by atoms with Crippen LogP contribution in [0.4, 0.5) is 10.2 Å². The molecule has 0 aromatic carbocycles. The van der Waals surface area contributed by atoms with E-state index in [1.807, 2.05) is 0 Å². The van der Waals surface area contributed by atoms with Gasteiger partial charge in [-0.2, -0.15) is 0 Å². The highest BCUT2D eigenvalue weighted by atomic mass is 19.1. The quantitative estimate of drug-likeness (QED) is 0.866. The molecule has 0 bridgehead atoms. The van der Waals surface area contributed by atoms with E-state index in [4.69, 9.17) is 0 Å². The lowest BCUT2D eigenvalue weighted by Crippen LogP contribution is -2.28. The molecular weight excluding hydrogens is 233 g/mol. The molecule has 1 heterocycles. The number of nitrogens with one attached hydrogen (secondary N) is 2. The number of rotatable bonds is 4. The minimum Gasteiger partial charge on any atom is -0.372 e. The summed E-state index contributed by atoms with van der Waals surface area (Å²) in [6.45, 7) is 6.85. The molecule has 0 saturated heterocycles. The largest absolute Gasteiger partial charge is 0.372 e. The molecule has 2 N–H and O–H groups in total. The lowest BCUT2D eigenvalue weighted by Gasteiger charge is -2.18. The molecule has 0 spiro atoms. The molecule has 0 aliphatic rings. The number of hydrogen-bond acceptors (Lipinski definition) is 3. The number of halogens is 1. The number of carbonyl (C=O) groups is 1. The van der Waals surface area contributed by atoms with Gasteiger partial charge in [-0.05, 0) is 17.9 Å². The van der Waals surface area contributed by atoms with E-state index in [9.17, 15) is 9.18 Å². The van der Waals surface area contributed by atoms with Crippen LogP contribution in [0.5, 0.6) is 0 Å². The van der Waals surface area contributed by atoms with Crippen molar-refractivity contribution in [2.24, 2.45) is 5.41 Å². The molecule has 0 fully saturated rings. The minimum atomic E-state index is -0.519. The second kappa shape index (κ2) is 5.80. The summed E-state index contributed by atoms with van der Waals surface area (Å²) in [5.41, 5.74) is 0.380. The highest BCUT2D eigenvalue weighted by Gasteiger charge is 2.15. The normalized spacial score (nSPS) is 11.2. The molecule has 1 aromatic heterocycles. The van der Waals surface area contributed by atoms with Crippen LogP contribution in [-0.2, 0) is 0 Å². The average molecular weight is 253 g/mol. The van der Waals surface area contributed by atoms with Crippen LogP contribution in [0, 0.1) is 11.2 Å². The van der Waals surface area contributed by atoms with E-state index in [-0.39, 0.29) is 16.9 Å². The first-order valence-corrected chi connectivity index (χ1v) is 5.95. The van der Waals surface area contributed by atoms with Gasteiger partial charge in [0.05, 0.1) is 11.8 Å². The third-order valence-electron chi connectivity index (χ3n) is 2.50. The van der Waals surface area contributed by atoms with Crippen molar-refractivity contribution in [3.63, 3.8) is 0 Å². The fourth-order valence-corrected chi connectivity index (χ4v) is 1.46. The zero-order valence-electron chi connectivity index (χ0n) is 11.3. The monoisotopic (exact) mass is 253 g/mol. The summed E-state index contributed by atoms with van der Waals surface area (Å²) in [5.74, 6) is -0.449. The Morgan fingerprint density at radius 2 is 2.11 bits per heavy atom. The fraction of sp³-hybridized carbons (Fsp3) is 0.538. The third-order valence-corrected chi connectivity index (χ3v) is 2.50. The number of nitrogens with zero attached hydrogens (tertiary/aromatic N) is 1. The molecule has 0 unspecified atom stereocenters. The summed E-state index contributed by atoms with van der Waals surface area (Å²) < 4.78 is 13.1. The summed E-state index contributed by atoms with van der Waals surface area (Å²) in [4.78, 5) is 15.7. The standard InChI is InChI=1S/C13H20FN3O/c1-13(2,3)5-6-16-12(18)10-7-9(14)8-17-11(10)15-4/h7-8H,5-6H2,1-4H3,(H,15,17)(H,16,18). The summed E-state index contributed by atoms with van der Waals surface area (Å²) >= 11 is 0. The van der Waals surface area contributed by atoms with Gasteiger partial charge < -0.3 is 10.6 Å². The van der Waals surface area contributed by atoms with Gasteiger partial charge in [0.1, 0.15) is 11.6 Å². The zero-order valence-corrected chi connectivity index (χ0v) is 11.3. The highest BCUT2D eigenvalue weighted by Crippen LogP contribution is 2.17. The van der Waals surface area contributed by atoms with Gasteiger partial charge in [-0.3, -0.25) is 4.79 Å². The minimum absolute atomic E-state index is 0.152. The smallest absolute Gasteiger partial charge is 0.255 e. The summed E-state index contributed by atoms with van der Waals surface area (Å²) in [7, 11) is 1.65. The van der Waals surface area contributed by atoms with Crippen molar-refractivity contribution < 1.29 is 9.18 Å². The van der Waals surface area contributed by atoms with E-state index >= 15 is 0 Å². The van der Waals surface area contributed by atoms with Crippen molar-refractivity contribution in [1.29, 1.82) is 0 Å². The predicted molar refractivity (Wildman–Crippen MR) is 70.1 cm³/mol. The molecule has 0 saturated carbocycles. The summed E-state index contributed by atoms with van der Waals surface area (Å²) in [6, 6.07) is 1.19. The van der Waals surface area contributed by atoms with Crippen molar-refractivity contribution >= 4 is 11.7 Å². The molecule has 1 aromatic rings. The molecule has 5 heteroatoms. The van der Waals surface area contributed by atoms with Crippen LogP contribution in [0.3, 0.4) is 0 Å². The first kappa shape index (κ1) is 14.4. The van der Waals surface area contributed by atoms with Gasteiger partial charge in [0, 0.05) is 13.6 Å². The Labute approximate surface area is 107 Å². The lowest BCUT2D eigenvalue weighted by molar-refractivity contribution is 0.0949. The number of amides is 1. The van der Waals surface area contributed by atoms with Gasteiger partial charge in [-0.25, -0.2) is 9.37 Å². The van der Waals surface area contributed by atoms with E-state index in [0.717, 1.165) is 12.6 Å². The number of hydrogen-bond donors (Lipinski definition) is 2. The van der Waals surface area contributed by atoms with Crippen LogP contribution in [0.1, 0.15) is 37.6 Å². The molecular formula is C13H20FN3O. The topological polar surface area (TPSA) is 54.0 Å². The Morgan fingerprint density at radius 3 is 2.67 bits per heavy atom. The highest BCUT2D eigenvalue weighted by molar-refractivity contribution is 5.98. The van der Waals surface area contributed by atoms with Gasteiger partial charge >= 0.3 is 0 Å². The Kier molecular flexibility index (Phi) is 4.64. The van der Waals surface area contributed by atoms with E-state index in [2.05, 4.69) is 36.4 Å². The summed E-state index contributed by atoms with van der Waals surface area (Å²) in [6.07, 6.45) is 1.94. The van der Waals surface area contributed by atoms with Crippen molar-refractivity contribution in [2.45, 2.75) is 27.2 Å². The van der Waals surface area contributed by atoms with Gasteiger partial charge in [0.15, 0.2) is 0 Å². The maximum absolute atomic E-state index is 13.1. The van der Waals surface area contributed by atoms with Crippen LogP contribution in [-0.4, -0.2) is 24.5 Å². The van der Waals surface area contributed by atoms with Crippen molar-refractivity contribution in [2.75, 3.05) is 18.9 Å². The van der Waals surface area contributed by atoms with Crippen LogP contribution >= 0.6 is 0 Å². The Hall–Kier alpha value is -1.65. The fourth-order valence-electron chi connectivity index (χ4n) is 1.46. The molecule has 1 amide bonds. The van der Waals surface area contributed by atoms with Gasteiger partial charge in [0.25, 0.3) is 5.91 Å². The first-order chi connectivity index (χ1) is 8.33. The Balaban J connectivity index is 2.69. The molecule has 18 heavy (non-hydrogen) atoms. The molecule has 0 radical (unpaired) electrons. The number of carbonyl (C=O) groups excluding carboxylic acids is 1. The van der Waals surface area contributed by atoms with E-state index in [1.54, 1.807) is 7.05 Å². The molecule has 1 rings (SSSR count). The number of anilines is 1. The van der Waals surface area contributed by atoms with E-state index in [0.29, 0.717) is 12.4 Å². The maximum Gasteiger partial charge on any atom is 0.255 e. The average Bonchev–Trinajstić information content (AvgIpc) is 2.27. The van der Waals surface area contributed by atoms with Crippen molar-refractivity contribution in [3.05, 3.63) is 23.6 Å². The van der Waals surface area contributed by atoms with Crippen LogP contribution in [0.15, 0.2) is 12.3 Å². The molecule has 4 nitrogen and oxygen atoms in total. The predicted octanol–water partition coefficient (Wildman–Crippen LogP) is 2.43. The number of pyridine rings is 1. The van der Waals surface area contributed by atoms with E-state index < -0.39 is 5.82 Å². The molecule has 0 aliphatic heterocycles. The van der Waals surface area contributed by atoms with Crippen LogP contribution < -0.4 is 10.6 Å². The first-order valence-electron chi connectivity index (χ1n) is 5.95. The maximum atomic E-state index is 13.1. The second-order valence-electron chi connectivity index (χ2n) is 5.37. The molecule has 0 aliphatic carbocycles. The van der Waals surface area contributed by atoms with Crippen LogP contribution in [0.2, 0.25) is 0 Å². The Morgan fingerprint density at radius 1 is 1.44 bits per heavy atom. The Bertz CT molecular complexity index is 427. The SMILES string of the molecule is CNc1ncc(F)cc1C(=O)NCCC(C)(C)C. The lowest BCUT2D eigenvalue weighted by atomic mass is 9.92. The molecule has 0 atom stereocenters. The van der Waals surface area contributed by atoms with Crippen LogP contribution in [0.25, 0.3) is 0 Å². The zero-order chi connectivity index (χ0) is 13.8. The van der Waals surface area contributed by atoms with E-state index in [1.165, 1.54) is 6.07 Å². The van der Waals surface area contributed by atoms with Gasteiger partial charge in [-0.1, -0.05) is 20.8 Å². The number of aromatic nitrogens is 1. The van der Waals surface area contributed by atoms with Gasteiger partial charge in [-0.15, -0.1) is 0 Å². The van der Waals surface area contributed by atoms with Crippen molar-refractivity contribution in [3.8, 4) is 0 Å². The van der Waals surface area contributed by atoms with Crippen molar-refractivity contribution in [1.82, 2.24) is 10.3 Å². The second-order valence-corrected chi connectivity index (χ2v) is 5.37. The van der Waals surface area contributed by atoms with Gasteiger partial charge in [0.2, 0.25) is 0 Å². The third kappa shape index (κ3) is 4.31. The molecule has 100 valence electrons. The summed E-state index contributed by atoms with van der Waals surface area (Å²) in [5, 5.41) is 5.54.